The number of rotatable bonds is 4. The van der Waals surface area contributed by atoms with Crippen LogP contribution in [0.2, 0.25) is 0 Å². The molecule has 0 atom stereocenters. The van der Waals surface area contributed by atoms with Crippen molar-refractivity contribution in [3.63, 3.8) is 0 Å². The van der Waals surface area contributed by atoms with Gasteiger partial charge in [0.25, 0.3) is 0 Å². The number of hydrogen-bond donors (Lipinski definition) is 0. The highest BCUT2D eigenvalue weighted by atomic mass is 16.6. The molecule has 1 aromatic rings. The number of ether oxygens (including phenoxy) is 1. The highest BCUT2D eigenvalue weighted by molar-refractivity contribution is 5.56. The zero-order chi connectivity index (χ0) is 13.1. The van der Waals surface area contributed by atoms with Gasteiger partial charge >= 0.3 is 5.69 Å². The van der Waals surface area contributed by atoms with Gasteiger partial charge in [-0.3, -0.25) is 10.1 Å². The highest BCUT2D eigenvalue weighted by Crippen LogP contribution is 2.38. The van der Waals surface area contributed by atoms with E-state index in [1.54, 1.807) is 26.0 Å². The molecule has 0 spiro atoms. The van der Waals surface area contributed by atoms with Crippen LogP contribution in [0.25, 0.3) is 0 Å². The number of methoxy groups -OCH3 is 1. The number of benzene rings is 1. The molecule has 0 heterocycles. The standard InChI is InChI=1S/C11H12N2O4/c1-11(2,12-7-14)8-5-4-6-9(17-3)10(8)13(15)16/h4-6H,1-3H3. The third-order valence-corrected chi connectivity index (χ3v) is 2.39. The molecule has 0 unspecified atom stereocenters. The molecule has 0 aliphatic rings. The summed E-state index contributed by atoms with van der Waals surface area (Å²) in [5, 5.41) is 11.0. The largest absolute Gasteiger partial charge is 0.490 e. The van der Waals surface area contributed by atoms with Gasteiger partial charge in [0.05, 0.1) is 23.1 Å². The van der Waals surface area contributed by atoms with E-state index in [4.69, 9.17) is 4.74 Å². The van der Waals surface area contributed by atoms with Crippen molar-refractivity contribution in [2.75, 3.05) is 7.11 Å². The molecule has 0 N–H and O–H groups in total. The molecule has 0 saturated heterocycles. The van der Waals surface area contributed by atoms with Crippen LogP contribution in [0.3, 0.4) is 0 Å². The number of isocyanates is 1. The first-order valence-electron chi connectivity index (χ1n) is 4.85. The number of nitrogens with zero attached hydrogens (tertiary/aromatic N) is 2. The summed E-state index contributed by atoms with van der Waals surface area (Å²) in [6.07, 6.45) is 1.42. The van der Waals surface area contributed by atoms with Gasteiger partial charge in [0, 0.05) is 0 Å². The second kappa shape index (κ2) is 4.76. The fourth-order valence-corrected chi connectivity index (χ4v) is 1.54. The maximum atomic E-state index is 11.0. The third-order valence-electron chi connectivity index (χ3n) is 2.39. The summed E-state index contributed by atoms with van der Waals surface area (Å²) in [5.74, 6) is 0.140. The van der Waals surface area contributed by atoms with E-state index in [1.165, 1.54) is 19.3 Å². The Hall–Kier alpha value is -2.20. The normalized spacial score (nSPS) is 10.5. The Kier molecular flexibility index (Phi) is 3.60. The molecule has 6 nitrogen and oxygen atoms in total. The molecule has 1 aromatic carbocycles. The Morgan fingerprint density at radius 3 is 2.59 bits per heavy atom. The summed E-state index contributed by atoms with van der Waals surface area (Å²) in [5.41, 5.74) is -0.886. The number of nitro groups is 1. The van der Waals surface area contributed by atoms with Crippen molar-refractivity contribution in [3.05, 3.63) is 33.9 Å². The summed E-state index contributed by atoms with van der Waals surface area (Å²) in [7, 11) is 1.35. The summed E-state index contributed by atoms with van der Waals surface area (Å²) < 4.78 is 4.94. The summed E-state index contributed by atoms with van der Waals surface area (Å²) in [6, 6.07) is 4.65. The highest BCUT2D eigenvalue weighted by Gasteiger charge is 2.31. The minimum absolute atomic E-state index is 0.140. The molecule has 0 bridgehead atoms. The van der Waals surface area contributed by atoms with E-state index in [0.717, 1.165) is 0 Å². The molecule has 17 heavy (non-hydrogen) atoms. The van der Waals surface area contributed by atoms with Gasteiger partial charge in [-0.1, -0.05) is 6.07 Å². The smallest absolute Gasteiger partial charge is 0.316 e. The van der Waals surface area contributed by atoms with Crippen LogP contribution in [0.5, 0.6) is 5.75 Å². The first kappa shape index (κ1) is 12.9. The van der Waals surface area contributed by atoms with Gasteiger partial charge in [-0.2, -0.15) is 4.99 Å². The van der Waals surface area contributed by atoms with E-state index in [0.29, 0.717) is 5.56 Å². The van der Waals surface area contributed by atoms with Crippen LogP contribution in [0, 0.1) is 10.1 Å². The van der Waals surface area contributed by atoms with Crippen molar-refractivity contribution in [1.82, 2.24) is 0 Å². The summed E-state index contributed by atoms with van der Waals surface area (Å²) >= 11 is 0. The molecular weight excluding hydrogens is 224 g/mol. The molecule has 0 aromatic heterocycles. The Morgan fingerprint density at radius 2 is 2.12 bits per heavy atom. The van der Waals surface area contributed by atoms with Crippen LogP contribution in [-0.4, -0.2) is 18.1 Å². The average Bonchev–Trinajstić information content (AvgIpc) is 2.27. The summed E-state index contributed by atoms with van der Waals surface area (Å²) in [6.45, 7) is 3.19. The van der Waals surface area contributed by atoms with Crippen molar-refractivity contribution in [2.24, 2.45) is 4.99 Å². The minimum Gasteiger partial charge on any atom is -0.490 e. The van der Waals surface area contributed by atoms with Crippen molar-refractivity contribution in [1.29, 1.82) is 0 Å². The van der Waals surface area contributed by atoms with Crippen LogP contribution in [0.1, 0.15) is 19.4 Å². The second-order valence-corrected chi connectivity index (χ2v) is 3.88. The Morgan fingerprint density at radius 1 is 1.47 bits per heavy atom. The Bertz CT molecular complexity index is 490. The molecular formula is C11H12N2O4. The lowest BCUT2D eigenvalue weighted by atomic mass is 9.93. The molecule has 0 aliphatic heterocycles. The SMILES string of the molecule is COc1cccc(C(C)(C)N=C=O)c1[N+](=O)[O-]. The maximum Gasteiger partial charge on any atom is 0.316 e. The minimum atomic E-state index is -1.02. The first-order valence-corrected chi connectivity index (χ1v) is 4.85. The number of carbonyl (C=O) groups excluding carboxylic acids is 1. The zero-order valence-electron chi connectivity index (χ0n) is 9.76. The van der Waals surface area contributed by atoms with Crippen LogP contribution in [0.15, 0.2) is 23.2 Å². The van der Waals surface area contributed by atoms with Gasteiger partial charge in [0.15, 0.2) is 5.75 Å². The van der Waals surface area contributed by atoms with E-state index in [1.807, 2.05) is 0 Å². The van der Waals surface area contributed by atoms with Crippen LogP contribution in [-0.2, 0) is 10.3 Å². The predicted molar refractivity (Wildman–Crippen MR) is 60.8 cm³/mol. The van der Waals surface area contributed by atoms with Gasteiger partial charge in [0.1, 0.15) is 0 Å². The van der Waals surface area contributed by atoms with Gasteiger partial charge < -0.3 is 4.74 Å². The lowest BCUT2D eigenvalue weighted by molar-refractivity contribution is -0.386. The molecule has 0 fully saturated rings. The van der Waals surface area contributed by atoms with E-state index in [9.17, 15) is 14.9 Å². The van der Waals surface area contributed by atoms with Crippen LogP contribution < -0.4 is 4.74 Å². The molecule has 1 rings (SSSR count). The number of para-hydroxylation sites is 1. The Balaban J connectivity index is 3.53. The third kappa shape index (κ3) is 2.49. The monoisotopic (exact) mass is 236 g/mol. The van der Waals surface area contributed by atoms with E-state index in [2.05, 4.69) is 4.99 Å². The van der Waals surface area contributed by atoms with Crippen molar-refractivity contribution >= 4 is 11.8 Å². The lowest BCUT2D eigenvalue weighted by Gasteiger charge is -2.18. The van der Waals surface area contributed by atoms with E-state index < -0.39 is 10.5 Å². The number of aliphatic imine (C=N–C) groups is 1. The van der Waals surface area contributed by atoms with Gasteiger partial charge in [0.2, 0.25) is 6.08 Å². The molecule has 0 radical (unpaired) electrons. The van der Waals surface area contributed by atoms with Gasteiger partial charge in [-0.25, -0.2) is 4.79 Å². The molecule has 90 valence electrons. The van der Waals surface area contributed by atoms with Crippen LogP contribution in [0.4, 0.5) is 5.69 Å². The molecule has 0 amide bonds. The van der Waals surface area contributed by atoms with Crippen molar-refractivity contribution < 1.29 is 14.5 Å². The number of hydrogen-bond acceptors (Lipinski definition) is 5. The maximum absolute atomic E-state index is 11.0. The fraction of sp³-hybridized carbons (Fsp3) is 0.364. The number of nitro benzene ring substituents is 1. The topological polar surface area (TPSA) is 81.8 Å². The first-order chi connectivity index (χ1) is 7.94. The van der Waals surface area contributed by atoms with Crippen molar-refractivity contribution in [2.45, 2.75) is 19.4 Å². The second-order valence-electron chi connectivity index (χ2n) is 3.88. The molecule has 0 saturated carbocycles. The van der Waals surface area contributed by atoms with Gasteiger partial charge in [-0.05, 0) is 26.0 Å². The predicted octanol–water partition coefficient (Wildman–Crippen LogP) is 2.17. The van der Waals surface area contributed by atoms with Crippen LogP contribution >= 0.6 is 0 Å². The quantitative estimate of drug-likeness (QED) is 0.347. The average molecular weight is 236 g/mol. The van der Waals surface area contributed by atoms with E-state index >= 15 is 0 Å². The van der Waals surface area contributed by atoms with Crippen molar-refractivity contribution in [3.8, 4) is 5.75 Å². The Labute approximate surface area is 98.1 Å². The zero-order valence-corrected chi connectivity index (χ0v) is 9.76. The summed E-state index contributed by atoms with van der Waals surface area (Å²) in [4.78, 5) is 24.4. The molecule has 0 aliphatic carbocycles. The fourth-order valence-electron chi connectivity index (χ4n) is 1.54. The lowest BCUT2D eigenvalue weighted by Crippen LogP contribution is -2.16. The molecule has 6 heteroatoms. The van der Waals surface area contributed by atoms with Gasteiger partial charge in [-0.15, -0.1) is 0 Å². The van der Waals surface area contributed by atoms with E-state index in [-0.39, 0.29) is 11.4 Å².